The number of hydrogen-bond acceptors (Lipinski definition) is 5. The van der Waals surface area contributed by atoms with Gasteiger partial charge >= 0.3 is 6.09 Å². The number of anilines is 1. The van der Waals surface area contributed by atoms with Gasteiger partial charge in [0.05, 0.1) is 10.7 Å². The fraction of sp³-hybridized carbons (Fsp3) is 0.382. The molecule has 0 heterocycles. The monoisotopic (exact) mass is 607 g/mol. The second-order valence-corrected chi connectivity index (χ2v) is 12.6. The van der Waals surface area contributed by atoms with Gasteiger partial charge in [0.15, 0.2) is 0 Å². The minimum atomic E-state index is -1.19. The van der Waals surface area contributed by atoms with Crippen LogP contribution >= 0.6 is 11.6 Å². The van der Waals surface area contributed by atoms with Gasteiger partial charge in [0.25, 0.3) is 5.91 Å². The number of aromatic hydroxyl groups is 1. The summed E-state index contributed by atoms with van der Waals surface area (Å²) in [6.07, 6.45) is -0.106. The van der Waals surface area contributed by atoms with Crippen LogP contribution in [0.5, 0.6) is 5.75 Å². The quantitative estimate of drug-likeness (QED) is 0.226. The molecule has 0 aliphatic heterocycles. The van der Waals surface area contributed by atoms with E-state index >= 15 is 0 Å². The summed E-state index contributed by atoms with van der Waals surface area (Å²) in [5.41, 5.74) is 0.725. The summed E-state index contributed by atoms with van der Waals surface area (Å²) in [4.78, 5) is 43.5. The Morgan fingerprint density at radius 3 is 2.19 bits per heavy atom. The number of aryl methyl sites for hydroxylation is 1. The van der Waals surface area contributed by atoms with Crippen LogP contribution in [0.25, 0.3) is 0 Å². The summed E-state index contributed by atoms with van der Waals surface area (Å²) >= 11 is 6.46. The van der Waals surface area contributed by atoms with Gasteiger partial charge in [-0.2, -0.15) is 0 Å². The largest absolute Gasteiger partial charge is 0.508 e. The lowest BCUT2D eigenvalue weighted by atomic mass is 9.91. The number of ether oxygens (including phenoxy) is 1. The van der Waals surface area contributed by atoms with Crippen molar-refractivity contribution >= 4 is 35.2 Å². The maximum atomic E-state index is 14.7. The highest BCUT2D eigenvalue weighted by molar-refractivity contribution is 6.34. The van der Waals surface area contributed by atoms with E-state index in [0.29, 0.717) is 22.7 Å². The van der Waals surface area contributed by atoms with Gasteiger partial charge in [-0.05, 0) is 82.9 Å². The van der Waals surface area contributed by atoms with Crippen molar-refractivity contribution in [2.45, 2.75) is 84.5 Å². The molecular weight excluding hydrogens is 566 g/mol. The number of rotatable bonds is 10. The van der Waals surface area contributed by atoms with E-state index in [1.807, 2.05) is 64.1 Å². The first-order valence-electron chi connectivity index (χ1n) is 14.3. The van der Waals surface area contributed by atoms with E-state index < -0.39 is 41.1 Å². The van der Waals surface area contributed by atoms with E-state index in [4.69, 9.17) is 16.3 Å². The summed E-state index contributed by atoms with van der Waals surface area (Å²) in [6, 6.07) is 18.6. The fourth-order valence-corrected chi connectivity index (χ4v) is 4.98. The van der Waals surface area contributed by atoms with Crippen molar-refractivity contribution < 1.29 is 24.2 Å². The number of amides is 3. The summed E-state index contributed by atoms with van der Waals surface area (Å²) in [7, 11) is 0. The molecule has 3 aromatic carbocycles. The predicted octanol–water partition coefficient (Wildman–Crippen LogP) is 7.19. The molecule has 0 aliphatic carbocycles. The molecule has 3 amide bonds. The van der Waals surface area contributed by atoms with E-state index in [1.165, 1.54) is 17.0 Å². The summed E-state index contributed by atoms with van der Waals surface area (Å²) in [6.45, 7) is 12.7. The molecule has 2 unspecified atom stereocenters. The number of benzene rings is 3. The van der Waals surface area contributed by atoms with Gasteiger partial charge in [0, 0.05) is 12.0 Å². The van der Waals surface area contributed by atoms with Crippen LogP contribution in [-0.2, 0) is 20.7 Å². The zero-order chi connectivity index (χ0) is 31.9. The minimum absolute atomic E-state index is 0.0568. The molecule has 3 N–H and O–H groups in total. The highest BCUT2D eigenvalue weighted by Gasteiger charge is 2.43. The van der Waals surface area contributed by atoms with Crippen LogP contribution in [0.1, 0.15) is 70.7 Å². The van der Waals surface area contributed by atoms with Crippen molar-refractivity contribution in [3.8, 4) is 5.75 Å². The molecule has 3 rings (SSSR count). The minimum Gasteiger partial charge on any atom is -0.508 e. The third-order valence-electron chi connectivity index (χ3n) is 7.19. The summed E-state index contributed by atoms with van der Waals surface area (Å²) in [5.74, 6) is -1.06. The number of phenols is 1. The lowest BCUT2D eigenvalue weighted by molar-refractivity contribution is -0.147. The van der Waals surface area contributed by atoms with Gasteiger partial charge in [-0.1, -0.05) is 73.1 Å². The van der Waals surface area contributed by atoms with E-state index in [9.17, 15) is 19.5 Å². The number of nitrogens with zero attached hydrogens (tertiary/aromatic N) is 1. The molecule has 0 spiro atoms. The van der Waals surface area contributed by atoms with Crippen LogP contribution in [0.4, 0.5) is 10.5 Å². The Morgan fingerprint density at radius 1 is 0.953 bits per heavy atom. The first-order chi connectivity index (χ1) is 20.1. The maximum Gasteiger partial charge on any atom is 0.408 e. The molecular formula is C34H42ClN3O5. The third kappa shape index (κ3) is 8.97. The molecule has 0 radical (unpaired) electrons. The van der Waals surface area contributed by atoms with Gasteiger partial charge in [-0.15, -0.1) is 0 Å². The molecule has 0 aliphatic rings. The van der Waals surface area contributed by atoms with Gasteiger partial charge in [0.1, 0.15) is 23.4 Å². The first kappa shape index (κ1) is 33.5. The summed E-state index contributed by atoms with van der Waals surface area (Å²) in [5, 5.41) is 16.5. The van der Waals surface area contributed by atoms with Gasteiger partial charge < -0.3 is 25.4 Å². The first-order valence-corrected chi connectivity index (χ1v) is 14.7. The average Bonchev–Trinajstić information content (AvgIpc) is 2.92. The highest BCUT2D eigenvalue weighted by atomic mass is 35.5. The molecule has 230 valence electrons. The number of para-hydroxylation sites is 1. The van der Waals surface area contributed by atoms with Crippen LogP contribution < -0.4 is 10.6 Å². The Labute approximate surface area is 259 Å². The summed E-state index contributed by atoms with van der Waals surface area (Å²) < 4.78 is 5.51. The Hall–Kier alpha value is -4.04. The average molecular weight is 608 g/mol. The second-order valence-electron chi connectivity index (χ2n) is 12.2. The lowest BCUT2D eigenvalue weighted by Crippen LogP contribution is -2.59. The molecule has 43 heavy (non-hydrogen) atoms. The van der Waals surface area contributed by atoms with E-state index in [2.05, 4.69) is 10.6 Å². The molecule has 8 nitrogen and oxygen atoms in total. The van der Waals surface area contributed by atoms with Crippen molar-refractivity contribution in [3.63, 3.8) is 0 Å². The molecule has 3 aromatic rings. The van der Waals surface area contributed by atoms with Crippen molar-refractivity contribution in [3.05, 3.63) is 94.5 Å². The number of carbonyl (C=O) groups excluding carboxylic acids is 3. The van der Waals surface area contributed by atoms with Crippen molar-refractivity contribution in [2.75, 3.05) is 5.32 Å². The van der Waals surface area contributed by atoms with E-state index in [-0.39, 0.29) is 12.2 Å². The fourth-order valence-electron chi connectivity index (χ4n) is 4.71. The van der Waals surface area contributed by atoms with E-state index in [1.54, 1.807) is 45.0 Å². The highest BCUT2D eigenvalue weighted by Crippen LogP contribution is 2.35. The molecule has 0 aromatic heterocycles. The Balaban J connectivity index is 2.17. The number of halogens is 1. The lowest BCUT2D eigenvalue weighted by Gasteiger charge is -2.44. The topological polar surface area (TPSA) is 108 Å². The molecule has 0 saturated carbocycles. The van der Waals surface area contributed by atoms with Crippen LogP contribution in [0.2, 0.25) is 5.02 Å². The molecule has 0 fully saturated rings. The Morgan fingerprint density at radius 2 is 1.60 bits per heavy atom. The van der Waals surface area contributed by atoms with Crippen LogP contribution in [0.15, 0.2) is 72.8 Å². The van der Waals surface area contributed by atoms with E-state index in [0.717, 1.165) is 11.1 Å². The number of nitrogens with one attached hydrogen (secondary N) is 2. The number of phenolic OH excluding ortho intramolecular Hbond substituents is 1. The van der Waals surface area contributed by atoms with Gasteiger partial charge in [0.2, 0.25) is 5.91 Å². The number of carbonyl (C=O) groups is 3. The van der Waals surface area contributed by atoms with Crippen LogP contribution in [0.3, 0.4) is 0 Å². The zero-order valence-electron chi connectivity index (χ0n) is 25.9. The van der Waals surface area contributed by atoms with Crippen molar-refractivity contribution in [1.82, 2.24) is 10.2 Å². The smallest absolute Gasteiger partial charge is 0.408 e. The SMILES string of the molecule is CCC(C)(C)N(C(=O)C(Cc1ccccc1)NC(=O)OC(C)(C)C)C(C(=O)Nc1c(C)cccc1Cl)c1cccc(O)c1. The second kappa shape index (κ2) is 14.0. The molecule has 0 bridgehead atoms. The zero-order valence-corrected chi connectivity index (χ0v) is 26.7. The number of alkyl carbamates (subject to hydrolysis) is 1. The van der Waals surface area contributed by atoms with Crippen molar-refractivity contribution in [2.24, 2.45) is 0 Å². The van der Waals surface area contributed by atoms with Crippen LogP contribution in [-0.4, -0.2) is 45.1 Å². The number of hydrogen-bond donors (Lipinski definition) is 3. The Bertz CT molecular complexity index is 1420. The normalized spacial score (nSPS) is 13.0. The molecule has 2 atom stereocenters. The van der Waals surface area contributed by atoms with Crippen molar-refractivity contribution in [1.29, 1.82) is 0 Å². The van der Waals surface area contributed by atoms with Crippen LogP contribution in [0, 0.1) is 6.92 Å². The Kier molecular flexibility index (Phi) is 10.9. The molecule has 0 saturated heterocycles. The molecule has 9 heteroatoms. The van der Waals surface area contributed by atoms with Gasteiger partial charge in [-0.25, -0.2) is 4.79 Å². The maximum absolute atomic E-state index is 14.7. The predicted molar refractivity (Wildman–Crippen MR) is 170 cm³/mol. The standard InChI is InChI=1S/C34H42ClN3O5/c1-8-34(6,7)38(31(41)27(20-23-15-10-9-11-16-23)36-32(42)43-33(3,4)5)29(24-17-13-18-25(39)21-24)30(40)37-28-22(2)14-12-19-26(28)35/h9-19,21,27,29,39H,8,20H2,1-7H3,(H,36,42)(H,37,40). The third-order valence-corrected chi connectivity index (χ3v) is 7.50. The van der Waals surface area contributed by atoms with Gasteiger partial charge in [-0.3, -0.25) is 9.59 Å².